The molecule has 4 heterocycles. The van der Waals surface area contributed by atoms with E-state index in [9.17, 15) is 4.79 Å². The van der Waals surface area contributed by atoms with Gasteiger partial charge in [-0.1, -0.05) is 29.8 Å². The average Bonchev–Trinajstić information content (AvgIpc) is 3.23. The molecule has 2 N–H and O–H groups in total. The zero-order valence-corrected chi connectivity index (χ0v) is 16.7. The largest absolute Gasteiger partial charge is 0.306 e. The van der Waals surface area contributed by atoms with Gasteiger partial charge in [0.25, 0.3) is 5.56 Å². The summed E-state index contributed by atoms with van der Waals surface area (Å²) < 4.78 is 0. The fourth-order valence-corrected chi connectivity index (χ4v) is 3.90. The Morgan fingerprint density at radius 3 is 2.77 bits per heavy atom. The summed E-state index contributed by atoms with van der Waals surface area (Å²) in [5.74, 6) is 0.580. The molecule has 0 bridgehead atoms. The van der Waals surface area contributed by atoms with Crippen molar-refractivity contribution in [2.24, 2.45) is 0 Å². The van der Waals surface area contributed by atoms with Crippen molar-refractivity contribution in [1.29, 1.82) is 0 Å². The second-order valence-electron chi connectivity index (χ2n) is 7.68. The van der Waals surface area contributed by atoms with Gasteiger partial charge in [-0.15, -0.1) is 0 Å². The number of hydrogen-bond donors (Lipinski definition) is 2. The molecular formula is C23H22N6O. The summed E-state index contributed by atoms with van der Waals surface area (Å²) in [7, 11) is 0. The Labute approximate surface area is 173 Å². The van der Waals surface area contributed by atoms with Crippen molar-refractivity contribution in [2.45, 2.75) is 26.4 Å². The van der Waals surface area contributed by atoms with E-state index in [0.29, 0.717) is 12.4 Å². The number of nitrogens with one attached hydrogen (secondary N) is 2. The van der Waals surface area contributed by atoms with Crippen LogP contribution in [0.5, 0.6) is 0 Å². The van der Waals surface area contributed by atoms with Crippen LogP contribution >= 0.6 is 0 Å². The van der Waals surface area contributed by atoms with Crippen LogP contribution in [-0.2, 0) is 19.5 Å². The van der Waals surface area contributed by atoms with E-state index in [1.165, 1.54) is 5.56 Å². The Kier molecular flexibility index (Phi) is 4.72. The minimum atomic E-state index is -0.0745. The molecule has 0 fully saturated rings. The van der Waals surface area contributed by atoms with E-state index in [1.54, 1.807) is 12.4 Å². The summed E-state index contributed by atoms with van der Waals surface area (Å²) in [6, 6.07) is 12.1. The summed E-state index contributed by atoms with van der Waals surface area (Å²) in [4.78, 5) is 26.8. The molecule has 30 heavy (non-hydrogen) atoms. The highest BCUT2D eigenvalue weighted by Gasteiger charge is 2.23. The molecule has 1 aromatic carbocycles. The van der Waals surface area contributed by atoms with Crippen molar-refractivity contribution < 1.29 is 0 Å². The third kappa shape index (κ3) is 3.55. The predicted molar refractivity (Wildman–Crippen MR) is 115 cm³/mol. The first-order valence-electron chi connectivity index (χ1n) is 10.0. The minimum absolute atomic E-state index is 0.0745. The number of fused-ring (bicyclic) bond motifs is 1. The Hall–Kier alpha value is -3.58. The maximum atomic E-state index is 12.8. The van der Waals surface area contributed by atoms with Crippen molar-refractivity contribution >= 4 is 0 Å². The number of H-pyrrole nitrogens is 2. The number of aromatic amines is 2. The lowest BCUT2D eigenvalue weighted by molar-refractivity contribution is 0.242. The highest BCUT2D eigenvalue weighted by atomic mass is 16.1. The summed E-state index contributed by atoms with van der Waals surface area (Å²) in [6.45, 7) is 4.22. The zero-order chi connectivity index (χ0) is 20.5. The lowest BCUT2D eigenvalue weighted by Crippen LogP contribution is -2.35. The van der Waals surface area contributed by atoms with Crippen LogP contribution < -0.4 is 5.56 Å². The molecule has 5 rings (SSSR count). The van der Waals surface area contributed by atoms with Gasteiger partial charge in [0.15, 0.2) is 0 Å². The molecule has 1 aliphatic heterocycles. The fourth-order valence-electron chi connectivity index (χ4n) is 3.90. The van der Waals surface area contributed by atoms with Gasteiger partial charge in [0.1, 0.15) is 5.82 Å². The molecule has 0 amide bonds. The molecule has 0 saturated heterocycles. The Morgan fingerprint density at radius 1 is 1.10 bits per heavy atom. The van der Waals surface area contributed by atoms with Crippen molar-refractivity contribution in [3.8, 4) is 22.6 Å². The summed E-state index contributed by atoms with van der Waals surface area (Å²) in [5.41, 5.74) is 6.86. The first-order chi connectivity index (χ1) is 14.7. The predicted octanol–water partition coefficient (Wildman–Crippen LogP) is 3.09. The van der Waals surface area contributed by atoms with Gasteiger partial charge in [-0.3, -0.25) is 19.8 Å². The van der Waals surface area contributed by atoms with E-state index in [2.05, 4.69) is 56.3 Å². The van der Waals surface area contributed by atoms with Crippen LogP contribution in [0.4, 0.5) is 0 Å². The van der Waals surface area contributed by atoms with Crippen molar-refractivity contribution in [3.05, 3.63) is 87.7 Å². The number of rotatable bonds is 4. The SMILES string of the molecule is Cc1ccc(-c2[nH]ncc2CN2CCc3nc(-c4cccnc4)[nH]c(=O)c3C2)cc1. The monoisotopic (exact) mass is 398 g/mol. The Bertz CT molecular complexity index is 1230. The van der Waals surface area contributed by atoms with Crippen LogP contribution in [0.1, 0.15) is 22.4 Å². The normalized spacial score (nSPS) is 13.9. The van der Waals surface area contributed by atoms with Crippen LogP contribution in [0.3, 0.4) is 0 Å². The maximum absolute atomic E-state index is 12.8. The molecule has 0 atom stereocenters. The molecule has 1 aliphatic rings. The van der Waals surface area contributed by atoms with Gasteiger partial charge < -0.3 is 4.98 Å². The van der Waals surface area contributed by atoms with Gasteiger partial charge >= 0.3 is 0 Å². The molecule has 150 valence electrons. The molecule has 0 unspecified atom stereocenters. The summed E-state index contributed by atoms with van der Waals surface area (Å²) >= 11 is 0. The van der Waals surface area contributed by atoms with E-state index in [-0.39, 0.29) is 5.56 Å². The highest BCUT2D eigenvalue weighted by molar-refractivity contribution is 5.62. The molecule has 0 saturated carbocycles. The molecule has 7 nitrogen and oxygen atoms in total. The smallest absolute Gasteiger partial charge is 0.255 e. The van der Waals surface area contributed by atoms with Crippen LogP contribution in [0.2, 0.25) is 0 Å². The Balaban J connectivity index is 1.38. The van der Waals surface area contributed by atoms with E-state index in [1.807, 2.05) is 18.3 Å². The molecule has 0 radical (unpaired) electrons. The van der Waals surface area contributed by atoms with Crippen LogP contribution in [-0.4, -0.2) is 36.6 Å². The first-order valence-corrected chi connectivity index (χ1v) is 10.0. The van der Waals surface area contributed by atoms with Gasteiger partial charge in [-0.05, 0) is 24.6 Å². The van der Waals surface area contributed by atoms with E-state index < -0.39 is 0 Å². The second kappa shape index (κ2) is 7.68. The van der Waals surface area contributed by atoms with E-state index >= 15 is 0 Å². The third-order valence-corrected chi connectivity index (χ3v) is 5.53. The standard InChI is InChI=1S/C23H22N6O/c1-15-4-6-16(7-5-15)21-18(12-25-28-21)13-29-10-8-20-19(14-29)23(30)27-22(26-20)17-3-2-9-24-11-17/h2-7,9,11-12H,8,10,13-14H2,1H3,(H,25,28)(H,26,27,30). The van der Waals surface area contributed by atoms with Crippen LogP contribution in [0, 0.1) is 6.92 Å². The number of hydrogen-bond acceptors (Lipinski definition) is 5. The quantitative estimate of drug-likeness (QED) is 0.551. The molecule has 4 aromatic rings. The molecular weight excluding hydrogens is 376 g/mol. The lowest BCUT2D eigenvalue weighted by atomic mass is 10.0. The van der Waals surface area contributed by atoms with E-state index in [4.69, 9.17) is 4.98 Å². The number of benzene rings is 1. The van der Waals surface area contributed by atoms with Gasteiger partial charge in [0.2, 0.25) is 0 Å². The Morgan fingerprint density at radius 2 is 1.97 bits per heavy atom. The first kappa shape index (κ1) is 18.4. The second-order valence-corrected chi connectivity index (χ2v) is 7.68. The summed E-state index contributed by atoms with van der Waals surface area (Å²) in [5, 5.41) is 7.38. The summed E-state index contributed by atoms with van der Waals surface area (Å²) in [6.07, 6.45) is 6.03. The number of aryl methyl sites for hydroxylation is 1. The molecule has 0 spiro atoms. The van der Waals surface area contributed by atoms with Gasteiger partial charge in [0, 0.05) is 49.6 Å². The minimum Gasteiger partial charge on any atom is -0.306 e. The number of aromatic nitrogens is 5. The van der Waals surface area contributed by atoms with Crippen molar-refractivity contribution in [2.75, 3.05) is 6.54 Å². The lowest BCUT2D eigenvalue weighted by Gasteiger charge is -2.27. The number of pyridine rings is 1. The number of nitrogens with zero attached hydrogens (tertiary/aromatic N) is 4. The fraction of sp³-hybridized carbons (Fsp3) is 0.217. The zero-order valence-electron chi connectivity index (χ0n) is 16.7. The van der Waals surface area contributed by atoms with Gasteiger partial charge in [-0.25, -0.2) is 4.98 Å². The van der Waals surface area contributed by atoms with Crippen LogP contribution in [0.25, 0.3) is 22.6 Å². The molecule has 7 heteroatoms. The molecule has 3 aromatic heterocycles. The van der Waals surface area contributed by atoms with E-state index in [0.717, 1.165) is 53.2 Å². The van der Waals surface area contributed by atoms with Crippen LogP contribution in [0.15, 0.2) is 59.8 Å². The van der Waals surface area contributed by atoms with Crippen molar-refractivity contribution in [3.63, 3.8) is 0 Å². The highest BCUT2D eigenvalue weighted by Crippen LogP contribution is 2.25. The van der Waals surface area contributed by atoms with Gasteiger partial charge in [-0.2, -0.15) is 5.10 Å². The third-order valence-electron chi connectivity index (χ3n) is 5.53. The topological polar surface area (TPSA) is 90.6 Å². The van der Waals surface area contributed by atoms with Crippen molar-refractivity contribution in [1.82, 2.24) is 30.0 Å². The van der Waals surface area contributed by atoms with Gasteiger partial charge in [0.05, 0.1) is 23.1 Å². The average molecular weight is 398 g/mol. The maximum Gasteiger partial charge on any atom is 0.255 e. The molecule has 0 aliphatic carbocycles.